The molecular weight excluding hydrogens is 380 g/mol. The van der Waals surface area contributed by atoms with Gasteiger partial charge in [0.25, 0.3) is 0 Å². The molecule has 1 heterocycles. The van der Waals surface area contributed by atoms with Crippen LogP contribution in [0.3, 0.4) is 0 Å². The highest BCUT2D eigenvalue weighted by Crippen LogP contribution is 2.40. The number of rotatable bonds is 5. The lowest BCUT2D eigenvalue weighted by molar-refractivity contribution is -0.390. The Morgan fingerprint density at radius 2 is 1.84 bits per heavy atom. The average molecular weight is 392 g/mol. The second-order valence-electron chi connectivity index (χ2n) is 5.10. The van der Waals surface area contributed by atoms with Gasteiger partial charge < -0.3 is 0 Å². The van der Waals surface area contributed by atoms with E-state index in [2.05, 4.69) is 4.98 Å². The van der Waals surface area contributed by atoms with Crippen LogP contribution in [0.2, 0.25) is 0 Å². The van der Waals surface area contributed by atoms with Crippen LogP contribution in [0.4, 0.5) is 5.69 Å². The zero-order chi connectivity index (χ0) is 18.0. The molecule has 0 fully saturated rings. The van der Waals surface area contributed by atoms with E-state index in [1.165, 1.54) is 29.5 Å². The zero-order valence-corrected chi connectivity index (χ0v) is 15.4. The van der Waals surface area contributed by atoms with E-state index in [0.717, 1.165) is 29.3 Å². The number of sulfone groups is 1. The fourth-order valence-electron chi connectivity index (χ4n) is 2.20. The number of hydrogen-bond acceptors (Lipinski definition) is 7. The van der Waals surface area contributed by atoms with Gasteiger partial charge in [-0.1, -0.05) is 48.2 Å². The van der Waals surface area contributed by atoms with E-state index in [9.17, 15) is 18.5 Å². The average Bonchev–Trinajstić information content (AvgIpc) is 3.03. The normalized spacial score (nSPS) is 11.4. The standard InChI is InChI=1S/C16H12N2O4S3/c1-25(21,22)14-9-5-8-13(15(14)18(19)20)24-16-17-12(10-23-16)11-6-3-2-4-7-11/h2-10H,1H3. The third-order valence-corrected chi connectivity index (χ3v) is 6.41. The first-order valence-corrected chi connectivity index (χ1v) is 10.6. The summed E-state index contributed by atoms with van der Waals surface area (Å²) in [5.41, 5.74) is 1.31. The van der Waals surface area contributed by atoms with Crippen molar-refractivity contribution in [3.8, 4) is 11.3 Å². The zero-order valence-electron chi connectivity index (χ0n) is 12.9. The second-order valence-corrected chi connectivity index (χ2v) is 9.23. The molecule has 0 aliphatic rings. The minimum atomic E-state index is -3.70. The van der Waals surface area contributed by atoms with E-state index in [1.807, 2.05) is 35.7 Å². The van der Waals surface area contributed by atoms with Crippen molar-refractivity contribution in [2.45, 2.75) is 14.1 Å². The van der Waals surface area contributed by atoms with Gasteiger partial charge in [0.05, 0.1) is 15.5 Å². The molecule has 0 aliphatic carbocycles. The van der Waals surface area contributed by atoms with Crippen LogP contribution in [0.15, 0.2) is 68.0 Å². The molecule has 2 aromatic carbocycles. The maximum Gasteiger partial charge on any atom is 0.301 e. The molecule has 3 rings (SSSR count). The van der Waals surface area contributed by atoms with Crippen molar-refractivity contribution in [1.29, 1.82) is 0 Å². The maximum atomic E-state index is 11.8. The van der Waals surface area contributed by atoms with Crippen molar-refractivity contribution in [2.75, 3.05) is 6.26 Å². The number of aromatic nitrogens is 1. The van der Waals surface area contributed by atoms with Crippen LogP contribution in [-0.4, -0.2) is 24.6 Å². The van der Waals surface area contributed by atoms with E-state index in [-0.39, 0.29) is 9.79 Å². The van der Waals surface area contributed by atoms with E-state index in [1.54, 1.807) is 0 Å². The summed E-state index contributed by atoms with van der Waals surface area (Å²) in [5, 5.41) is 13.3. The molecule has 0 unspecified atom stereocenters. The molecular formula is C16H12N2O4S3. The summed E-state index contributed by atoms with van der Waals surface area (Å²) in [6.45, 7) is 0. The maximum absolute atomic E-state index is 11.8. The van der Waals surface area contributed by atoms with E-state index >= 15 is 0 Å². The van der Waals surface area contributed by atoms with Crippen molar-refractivity contribution in [3.63, 3.8) is 0 Å². The van der Waals surface area contributed by atoms with Crippen molar-refractivity contribution in [3.05, 3.63) is 64.0 Å². The first-order chi connectivity index (χ1) is 11.9. The molecule has 0 saturated carbocycles. The third-order valence-electron chi connectivity index (χ3n) is 3.29. The van der Waals surface area contributed by atoms with Crippen LogP contribution < -0.4 is 0 Å². The van der Waals surface area contributed by atoms with Gasteiger partial charge in [-0.25, -0.2) is 13.4 Å². The molecule has 0 saturated heterocycles. The molecule has 0 spiro atoms. The van der Waals surface area contributed by atoms with Crippen LogP contribution in [0.1, 0.15) is 0 Å². The van der Waals surface area contributed by atoms with Gasteiger partial charge >= 0.3 is 5.69 Å². The van der Waals surface area contributed by atoms with Gasteiger partial charge in [-0.15, -0.1) is 11.3 Å². The summed E-state index contributed by atoms with van der Waals surface area (Å²) in [6.07, 6.45) is 0.959. The Morgan fingerprint density at radius 1 is 1.12 bits per heavy atom. The lowest BCUT2D eigenvalue weighted by Crippen LogP contribution is -2.03. The van der Waals surface area contributed by atoms with E-state index < -0.39 is 20.4 Å². The number of nitrogens with zero attached hydrogens (tertiary/aromatic N) is 2. The Balaban J connectivity index is 1.99. The molecule has 0 atom stereocenters. The van der Waals surface area contributed by atoms with E-state index in [0.29, 0.717) is 4.34 Å². The summed E-state index contributed by atoms with van der Waals surface area (Å²) in [7, 11) is -3.70. The minimum absolute atomic E-state index is 0.252. The van der Waals surface area contributed by atoms with Gasteiger partial charge in [0.1, 0.15) is 4.90 Å². The third kappa shape index (κ3) is 3.89. The van der Waals surface area contributed by atoms with Crippen LogP contribution in [0.5, 0.6) is 0 Å². The topological polar surface area (TPSA) is 90.2 Å². The van der Waals surface area contributed by atoms with E-state index in [4.69, 9.17) is 0 Å². The summed E-state index contributed by atoms with van der Waals surface area (Å²) >= 11 is 2.44. The second kappa shape index (κ2) is 6.95. The van der Waals surface area contributed by atoms with Gasteiger partial charge in [0, 0.05) is 17.2 Å². The number of nitro groups is 1. The highest BCUT2D eigenvalue weighted by atomic mass is 32.2. The molecule has 3 aromatic rings. The minimum Gasteiger partial charge on any atom is -0.258 e. The van der Waals surface area contributed by atoms with Crippen LogP contribution in [-0.2, 0) is 9.84 Å². The number of nitro benzene ring substituents is 1. The van der Waals surface area contributed by atoms with Gasteiger partial charge in [-0.05, 0) is 12.1 Å². The van der Waals surface area contributed by atoms with Crippen molar-refractivity contribution in [1.82, 2.24) is 4.98 Å². The van der Waals surface area contributed by atoms with Gasteiger partial charge in [-0.2, -0.15) is 0 Å². The Labute approximate surface area is 152 Å². The van der Waals surface area contributed by atoms with Gasteiger partial charge in [0.2, 0.25) is 0 Å². The Bertz CT molecular complexity index is 1030. The quantitative estimate of drug-likeness (QED) is 0.476. The van der Waals surface area contributed by atoms with Gasteiger partial charge in [0.15, 0.2) is 14.2 Å². The largest absolute Gasteiger partial charge is 0.301 e. The van der Waals surface area contributed by atoms with Crippen LogP contribution in [0.25, 0.3) is 11.3 Å². The highest BCUT2D eigenvalue weighted by Gasteiger charge is 2.27. The molecule has 9 heteroatoms. The van der Waals surface area contributed by atoms with Crippen LogP contribution in [0, 0.1) is 10.1 Å². The van der Waals surface area contributed by atoms with Crippen molar-refractivity contribution < 1.29 is 13.3 Å². The molecule has 0 aliphatic heterocycles. The molecule has 1 aromatic heterocycles. The first-order valence-electron chi connectivity index (χ1n) is 7.02. The SMILES string of the molecule is CS(=O)(=O)c1cccc(Sc2nc(-c3ccccc3)cs2)c1[N+](=O)[O-]. The smallest absolute Gasteiger partial charge is 0.258 e. The van der Waals surface area contributed by atoms with Gasteiger partial charge in [-0.3, -0.25) is 10.1 Å². The summed E-state index contributed by atoms with van der Waals surface area (Å²) in [6, 6.07) is 13.8. The summed E-state index contributed by atoms with van der Waals surface area (Å²) in [4.78, 5) is 15.2. The lowest BCUT2D eigenvalue weighted by Gasteiger charge is -2.05. The Kier molecular flexibility index (Phi) is 4.89. The number of thiazole rings is 1. The monoisotopic (exact) mass is 392 g/mol. The fourth-order valence-corrected chi connectivity index (χ4v) is 5.05. The number of benzene rings is 2. The fraction of sp³-hybridized carbons (Fsp3) is 0.0625. The summed E-state index contributed by atoms with van der Waals surface area (Å²) < 4.78 is 24.3. The van der Waals surface area contributed by atoms with Crippen LogP contribution >= 0.6 is 23.1 Å². The number of para-hydroxylation sites is 1. The molecule has 25 heavy (non-hydrogen) atoms. The lowest BCUT2D eigenvalue weighted by atomic mass is 10.2. The van der Waals surface area contributed by atoms with Crippen molar-refractivity contribution in [2.24, 2.45) is 0 Å². The molecule has 0 amide bonds. The molecule has 0 radical (unpaired) electrons. The summed E-state index contributed by atoms with van der Waals surface area (Å²) in [5.74, 6) is 0. The molecule has 6 nitrogen and oxygen atoms in total. The first kappa shape index (κ1) is 17.6. The predicted octanol–water partition coefficient (Wildman–Crippen LogP) is 4.27. The Hall–Kier alpha value is -2.23. The molecule has 128 valence electrons. The Morgan fingerprint density at radius 3 is 2.48 bits per heavy atom. The molecule has 0 N–H and O–H groups in total. The predicted molar refractivity (Wildman–Crippen MR) is 97.9 cm³/mol. The highest BCUT2D eigenvalue weighted by molar-refractivity contribution is 8.01. The number of hydrogen-bond donors (Lipinski definition) is 0. The van der Waals surface area contributed by atoms with Crippen molar-refractivity contribution >= 4 is 38.6 Å². The molecule has 0 bridgehead atoms.